The summed E-state index contributed by atoms with van der Waals surface area (Å²) in [4.78, 5) is 12.1. The second-order valence-electron chi connectivity index (χ2n) is 4.83. The van der Waals surface area contributed by atoms with Gasteiger partial charge in [-0.25, -0.2) is 0 Å². The predicted octanol–water partition coefficient (Wildman–Crippen LogP) is 4.70. The van der Waals surface area contributed by atoms with E-state index in [4.69, 9.17) is 0 Å². The summed E-state index contributed by atoms with van der Waals surface area (Å²) < 4.78 is 0.985. The van der Waals surface area contributed by atoms with Gasteiger partial charge < -0.3 is 0 Å². The highest BCUT2D eigenvalue weighted by molar-refractivity contribution is 9.10. The van der Waals surface area contributed by atoms with Gasteiger partial charge in [-0.05, 0) is 55.4 Å². The number of ketones is 1. The maximum atomic E-state index is 12.1. The average molecular weight is 295 g/mol. The first-order valence-electron chi connectivity index (χ1n) is 6.57. The summed E-state index contributed by atoms with van der Waals surface area (Å²) in [6.07, 6.45) is 7.58. The van der Waals surface area contributed by atoms with Crippen molar-refractivity contribution in [1.29, 1.82) is 0 Å². The van der Waals surface area contributed by atoms with E-state index in [-0.39, 0.29) is 5.78 Å². The van der Waals surface area contributed by atoms with Gasteiger partial charge in [-0.15, -0.1) is 0 Å². The Morgan fingerprint density at radius 1 is 1.24 bits per heavy atom. The number of hydrogen-bond donors (Lipinski definition) is 0. The van der Waals surface area contributed by atoms with E-state index < -0.39 is 0 Å². The van der Waals surface area contributed by atoms with Crippen LogP contribution in [0.2, 0.25) is 0 Å². The summed E-state index contributed by atoms with van der Waals surface area (Å²) in [6, 6.07) is 4.28. The van der Waals surface area contributed by atoms with Gasteiger partial charge in [0.25, 0.3) is 0 Å². The highest BCUT2D eigenvalue weighted by Crippen LogP contribution is 2.28. The Morgan fingerprint density at radius 3 is 2.53 bits per heavy atom. The quantitative estimate of drug-likeness (QED) is 0.736. The standard InChI is InChI=1S/C15H19BrO/c1-2-3-8-15(17)13-9-11-6-4-5-7-12(11)10-14(13)16/h9-10H,2-8H2,1H3. The number of hydrogen-bond acceptors (Lipinski definition) is 1. The van der Waals surface area contributed by atoms with Gasteiger partial charge in [0.2, 0.25) is 0 Å². The third-order valence-electron chi connectivity index (χ3n) is 3.49. The summed E-state index contributed by atoms with van der Waals surface area (Å²) in [5.41, 5.74) is 3.70. The highest BCUT2D eigenvalue weighted by atomic mass is 79.9. The number of rotatable bonds is 4. The number of carbonyl (C=O) groups is 1. The Hall–Kier alpha value is -0.630. The normalized spacial score (nSPS) is 14.5. The van der Waals surface area contributed by atoms with Crippen molar-refractivity contribution in [2.75, 3.05) is 0 Å². The zero-order chi connectivity index (χ0) is 12.3. The fraction of sp³-hybridized carbons (Fsp3) is 0.533. The molecule has 0 spiro atoms. The molecule has 0 saturated carbocycles. The number of benzene rings is 1. The Morgan fingerprint density at radius 2 is 1.88 bits per heavy atom. The van der Waals surface area contributed by atoms with Crippen LogP contribution in [0.5, 0.6) is 0 Å². The Kier molecular flexibility index (Phi) is 4.38. The van der Waals surface area contributed by atoms with Crippen molar-refractivity contribution in [2.45, 2.75) is 51.9 Å². The summed E-state index contributed by atoms with van der Waals surface area (Å²) in [6.45, 7) is 2.12. The minimum atomic E-state index is 0.284. The molecule has 0 saturated heterocycles. The van der Waals surface area contributed by atoms with E-state index >= 15 is 0 Å². The van der Waals surface area contributed by atoms with Crippen LogP contribution in [0.3, 0.4) is 0 Å². The van der Waals surface area contributed by atoms with Crippen LogP contribution in [0, 0.1) is 0 Å². The molecular formula is C15H19BrO. The van der Waals surface area contributed by atoms with E-state index in [0.717, 1.165) is 35.7 Å². The molecule has 1 aliphatic rings. The molecule has 1 nitrogen and oxygen atoms in total. The highest BCUT2D eigenvalue weighted by Gasteiger charge is 2.16. The molecule has 1 aromatic rings. The molecule has 0 radical (unpaired) electrons. The van der Waals surface area contributed by atoms with Crippen LogP contribution in [-0.2, 0) is 12.8 Å². The van der Waals surface area contributed by atoms with Crippen molar-refractivity contribution in [1.82, 2.24) is 0 Å². The molecule has 0 bridgehead atoms. The Labute approximate surface area is 112 Å². The molecule has 0 unspecified atom stereocenters. The van der Waals surface area contributed by atoms with Crippen molar-refractivity contribution in [3.8, 4) is 0 Å². The number of carbonyl (C=O) groups excluding carboxylic acids is 1. The summed E-state index contributed by atoms with van der Waals surface area (Å²) in [5, 5.41) is 0. The lowest BCUT2D eigenvalue weighted by atomic mass is 9.89. The molecule has 0 N–H and O–H groups in total. The van der Waals surface area contributed by atoms with E-state index in [9.17, 15) is 4.79 Å². The van der Waals surface area contributed by atoms with Gasteiger partial charge in [0, 0.05) is 16.5 Å². The first kappa shape index (κ1) is 12.8. The predicted molar refractivity (Wildman–Crippen MR) is 74.6 cm³/mol. The SMILES string of the molecule is CCCCC(=O)c1cc2c(cc1Br)CCCC2. The van der Waals surface area contributed by atoms with Gasteiger partial charge >= 0.3 is 0 Å². The lowest BCUT2D eigenvalue weighted by Gasteiger charge is -2.17. The lowest BCUT2D eigenvalue weighted by molar-refractivity contribution is 0.0979. The van der Waals surface area contributed by atoms with Gasteiger partial charge in [-0.3, -0.25) is 4.79 Å². The van der Waals surface area contributed by atoms with Crippen LogP contribution in [0.15, 0.2) is 16.6 Å². The third-order valence-corrected chi connectivity index (χ3v) is 4.15. The Balaban J connectivity index is 2.25. The molecule has 17 heavy (non-hydrogen) atoms. The smallest absolute Gasteiger partial charge is 0.164 e. The molecule has 0 aliphatic heterocycles. The third kappa shape index (κ3) is 2.98. The van der Waals surface area contributed by atoms with Gasteiger partial charge in [0.15, 0.2) is 5.78 Å². The topological polar surface area (TPSA) is 17.1 Å². The summed E-state index contributed by atoms with van der Waals surface area (Å²) >= 11 is 3.55. The zero-order valence-electron chi connectivity index (χ0n) is 10.4. The van der Waals surface area contributed by atoms with Crippen molar-refractivity contribution >= 4 is 21.7 Å². The van der Waals surface area contributed by atoms with Crippen LogP contribution in [0.4, 0.5) is 0 Å². The second-order valence-corrected chi connectivity index (χ2v) is 5.69. The van der Waals surface area contributed by atoms with Gasteiger partial charge in [-0.1, -0.05) is 29.3 Å². The van der Waals surface area contributed by atoms with Crippen molar-refractivity contribution in [3.63, 3.8) is 0 Å². The molecule has 0 heterocycles. The first-order valence-corrected chi connectivity index (χ1v) is 7.36. The number of aryl methyl sites for hydroxylation is 2. The van der Waals surface area contributed by atoms with Crippen molar-refractivity contribution < 1.29 is 4.79 Å². The largest absolute Gasteiger partial charge is 0.294 e. The van der Waals surface area contributed by atoms with Crippen molar-refractivity contribution in [2.24, 2.45) is 0 Å². The summed E-state index contributed by atoms with van der Waals surface area (Å²) in [7, 11) is 0. The average Bonchev–Trinajstić information content (AvgIpc) is 2.35. The number of fused-ring (bicyclic) bond motifs is 1. The molecule has 0 fully saturated rings. The maximum Gasteiger partial charge on any atom is 0.164 e. The summed E-state index contributed by atoms with van der Waals surface area (Å²) in [5.74, 6) is 0.284. The van der Waals surface area contributed by atoms with Gasteiger partial charge in [0.05, 0.1) is 0 Å². The Bertz CT molecular complexity index is 423. The van der Waals surface area contributed by atoms with Crippen LogP contribution < -0.4 is 0 Å². The number of Topliss-reactive ketones (excluding diaryl/α,β-unsaturated/α-hetero) is 1. The van der Waals surface area contributed by atoms with E-state index in [1.165, 1.54) is 24.0 Å². The van der Waals surface area contributed by atoms with Gasteiger partial charge in [-0.2, -0.15) is 0 Å². The molecule has 2 rings (SSSR count). The monoisotopic (exact) mass is 294 g/mol. The number of halogens is 1. The maximum absolute atomic E-state index is 12.1. The fourth-order valence-electron chi connectivity index (χ4n) is 2.44. The minimum absolute atomic E-state index is 0.284. The minimum Gasteiger partial charge on any atom is -0.294 e. The lowest BCUT2D eigenvalue weighted by Crippen LogP contribution is -2.07. The number of unbranched alkanes of at least 4 members (excludes halogenated alkanes) is 1. The van der Waals surface area contributed by atoms with E-state index in [2.05, 4.69) is 35.0 Å². The van der Waals surface area contributed by atoms with Crippen LogP contribution in [-0.4, -0.2) is 5.78 Å². The van der Waals surface area contributed by atoms with Crippen LogP contribution >= 0.6 is 15.9 Å². The molecule has 92 valence electrons. The molecule has 1 aromatic carbocycles. The first-order chi connectivity index (χ1) is 8.22. The fourth-order valence-corrected chi connectivity index (χ4v) is 3.05. The molecule has 0 atom stereocenters. The van der Waals surface area contributed by atoms with Gasteiger partial charge in [0.1, 0.15) is 0 Å². The van der Waals surface area contributed by atoms with E-state index in [1.807, 2.05) is 0 Å². The molecule has 1 aliphatic carbocycles. The molecule has 0 aromatic heterocycles. The molecular weight excluding hydrogens is 276 g/mol. The van der Waals surface area contributed by atoms with Crippen LogP contribution in [0.25, 0.3) is 0 Å². The second kappa shape index (κ2) is 5.81. The van der Waals surface area contributed by atoms with E-state index in [1.54, 1.807) is 0 Å². The van der Waals surface area contributed by atoms with E-state index in [0.29, 0.717) is 6.42 Å². The van der Waals surface area contributed by atoms with Crippen molar-refractivity contribution in [3.05, 3.63) is 33.3 Å². The molecule has 2 heteroatoms. The zero-order valence-corrected chi connectivity index (χ0v) is 12.0. The van der Waals surface area contributed by atoms with Crippen LogP contribution in [0.1, 0.15) is 60.5 Å². The molecule has 0 amide bonds.